The van der Waals surface area contributed by atoms with Crippen LogP contribution in [0.15, 0.2) is 54.6 Å². The topological polar surface area (TPSA) is 102 Å². The number of para-hydroxylation sites is 1. The van der Waals surface area contributed by atoms with E-state index >= 15 is 0 Å². The van der Waals surface area contributed by atoms with Gasteiger partial charge in [0, 0.05) is 37.3 Å². The Kier molecular flexibility index (Phi) is 6.21. The van der Waals surface area contributed by atoms with Crippen LogP contribution in [0.1, 0.15) is 12.8 Å². The maximum Gasteiger partial charge on any atom is 0.260 e. The zero-order chi connectivity index (χ0) is 21.6. The number of aromatic nitrogens is 4. The van der Waals surface area contributed by atoms with Crippen LogP contribution in [0.25, 0.3) is 11.4 Å². The third-order valence-electron chi connectivity index (χ3n) is 5.33. The number of tetrazole rings is 1. The van der Waals surface area contributed by atoms with Crippen LogP contribution in [-0.2, 0) is 16.6 Å². The fraction of sp³-hybridized carbons (Fsp3) is 0.318. The monoisotopic (exact) mass is 420 g/mol. The zero-order valence-corrected chi connectivity index (χ0v) is 17.3. The second-order valence-corrected chi connectivity index (χ2v) is 7.45. The number of ether oxygens (including phenoxy) is 1. The molecule has 9 nitrogen and oxygen atoms in total. The molecule has 2 heterocycles. The van der Waals surface area contributed by atoms with Gasteiger partial charge in [-0.2, -0.15) is 0 Å². The number of likely N-dealkylation sites (tertiary alicyclic amines) is 1. The predicted molar refractivity (Wildman–Crippen MR) is 114 cm³/mol. The van der Waals surface area contributed by atoms with E-state index in [4.69, 9.17) is 4.74 Å². The minimum Gasteiger partial charge on any atom is -0.484 e. The first kappa shape index (κ1) is 20.5. The average Bonchev–Trinajstić information content (AvgIpc) is 3.24. The Balaban J connectivity index is 1.28. The SMILES string of the molecule is Cn1nnnc1-c1cccc(NC(=O)C2CCN(C(=O)COc3ccccc3)CC2)c1. The van der Waals surface area contributed by atoms with E-state index < -0.39 is 0 Å². The zero-order valence-electron chi connectivity index (χ0n) is 17.3. The van der Waals surface area contributed by atoms with Crippen molar-refractivity contribution < 1.29 is 14.3 Å². The molecule has 1 aromatic heterocycles. The number of anilines is 1. The lowest BCUT2D eigenvalue weighted by molar-refractivity contribution is -0.136. The highest BCUT2D eigenvalue weighted by molar-refractivity contribution is 5.93. The maximum absolute atomic E-state index is 12.7. The van der Waals surface area contributed by atoms with E-state index in [0.717, 1.165) is 5.56 Å². The van der Waals surface area contributed by atoms with Gasteiger partial charge in [-0.3, -0.25) is 9.59 Å². The van der Waals surface area contributed by atoms with Gasteiger partial charge < -0.3 is 15.0 Å². The van der Waals surface area contributed by atoms with Crippen LogP contribution in [0.2, 0.25) is 0 Å². The quantitative estimate of drug-likeness (QED) is 0.655. The first-order valence-electron chi connectivity index (χ1n) is 10.2. The Morgan fingerprint density at radius 3 is 2.58 bits per heavy atom. The number of nitrogens with zero attached hydrogens (tertiary/aromatic N) is 5. The van der Waals surface area contributed by atoms with E-state index in [1.807, 2.05) is 54.6 Å². The standard InChI is InChI=1S/C22H24N6O3/c1-27-21(24-25-26-27)17-6-5-7-18(14-17)23-22(30)16-10-12-28(13-11-16)20(29)15-31-19-8-3-2-4-9-19/h2-9,14,16H,10-13,15H2,1H3,(H,23,30). The van der Waals surface area contributed by atoms with Gasteiger partial charge in [-0.1, -0.05) is 30.3 Å². The molecule has 31 heavy (non-hydrogen) atoms. The van der Waals surface area contributed by atoms with Crippen LogP contribution in [0, 0.1) is 5.92 Å². The Hall–Kier alpha value is -3.75. The summed E-state index contributed by atoms with van der Waals surface area (Å²) in [5.41, 5.74) is 1.52. The molecule has 160 valence electrons. The van der Waals surface area contributed by atoms with Gasteiger partial charge in [-0.15, -0.1) is 5.10 Å². The molecule has 3 aromatic rings. The maximum atomic E-state index is 12.7. The van der Waals surface area contributed by atoms with Crippen LogP contribution < -0.4 is 10.1 Å². The molecular weight excluding hydrogens is 396 g/mol. The number of benzene rings is 2. The number of hydrogen-bond donors (Lipinski definition) is 1. The van der Waals surface area contributed by atoms with Gasteiger partial charge in [0.15, 0.2) is 12.4 Å². The van der Waals surface area contributed by atoms with Crippen LogP contribution in [0.3, 0.4) is 0 Å². The lowest BCUT2D eigenvalue weighted by Gasteiger charge is -2.31. The molecule has 4 rings (SSSR count). The normalized spacial score (nSPS) is 14.3. The Bertz CT molecular complexity index is 1040. The third-order valence-corrected chi connectivity index (χ3v) is 5.33. The van der Waals surface area contributed by atoms with Crippen molar-refractivity contribution in [2.75, 3.05) is 25.0 Å². The molecule has 0 unspecified atom stereocenters. The Morgan fingerprint density at radius 1 is 1.10 bits per heavy atom. The number of nitrogens with one attached hydrogen (secondary N) is 1. The van der Waals surface area contributed by atoms with Gasteiger partial charge in [-0.25, -0.2) is 4.68 Å². The van der Waals surface area contributed by atoms with Crippen LogP contribution in [-0.4, -0.2) is 56.6 Å². The first-order chi connectivity index (χ1) is 15.1. The molecule has 0 bridgehead atoms. The van der Waals surface area contributed by atoms with E-state index in [2.05, 4.69) is 20.8 Å². The van der Waals surface area contributed by atoms with Gasteiger partial charge in [0.05, 0.1) is 0 Å². The molecule has 0 saturated carbocycles. The summed E-state index contributed by atoms with van der Waals surface area (Å²) in [4.78, 5) is 26.9. The highest BCUT2D eigenvalue weighted by Crippen LogP contribution is 2.23. The molecule has 1 N–H and O–H groups in total. The molecule has 0 aliphatic carbocycles. The van der Waals surface area contributed by atoms with Crippen molar-refractivity contribution >= 4 is 17.5 Å². The van der Waals surface area contributed by atoms with E-state index in [0.29, 0.717) is 43.2 Å². The number of carbonyl (C=O) groups is 2. The van der Waals surface area contributed by atoms with E-state index in [-0.39, 0.29) is 24.3 Å². The van der Waals surface area contributed by atoms with Crippen molar-refractivity contribution in [3.8, 4) is 17.1 Å². The van der Waals surface area contributed by atoms with Crippen molar-refractivity contribution in [2.24, 2.45) is 13.0 Å². The van der Waals surface area contributed by atoms with Gasteiger partial charge >= 0.3 is 0 Å². The lowest BCUT2D eigenvalue weighted by Crippen LogP contribution is -2.43. The second-order valence-electron chi connectivity index (χ2n) is 7.45. The molecule has 2 amide bonds. The van der Waals surface area contributed by atoms with E-state index in [1.54, 1.807) is 16.6 Å². The Morgan fingerprint density at radius 2 is 1.87 bits per heavy atom. The molecule has 0 radical (unpaired) electrons. The molecule has 0 spiro atoms. The fourth-order valence-electron chi connectivity index (χ4n) is 3.60. The van der Waals surface area contributed by atoms with Gasteiger partial charge in [-0.05, 0) is 47.5 Å². The van der Waals surface area contributed by atoms with Gasteiger partial charge in [0.2, 0.25) is 5.91 Å². The summed E-state index contributed by atoms with van der Waals surface area (Å²) in [6, 6.07) is 16.7. The molecular formula is C22H24N6O3. The highest BCUT2D eigenvalue weighted by Gasteiger charge is 2.27. The molecule has 1 aliphatic heterocycles. The van der Waals surface area contributed by atoms with Crippen molar-refractivity contribution in [3.63, 3.8) is 0 Å². The average molecular weight is 420 g/mol. The molecule has 1 saturated heterocycles. The van der Waals surface area contributed by atoms with E-state index in [1.165, 1.54) is 0 Å². The van der Waals surface area contributed by atoms with Gasteiger partial charge in [0.1, 0.15) is 5.75 Å². The summed E-state index contributed by atoms with van der Waals surface area (Å²) in [6.07, 6.45) is 1.24. The fourth-order valence-corrected chi connectivity index (χ4v) is 3.60. The number of aryl methyl sites for hydroxylation is 1. The number of amides is 2. The van der Waals surface area contributed by atoms with Crippen molar-refractivity contribution in [2.45, 2.75) is 12.8 Å². The summed E-state index contributed by atoms with van der Waals surface area (Å²) in [7, 11) is 1.76. The van der Waals surface area contributed by atoms with E-state index in [9.17, 15) is 9.59 Å². The predicted octanol–water partition coefficient (Wildman–Crippen LogP) is 2.13. The third kappa shape index (κ3) is 5.06. The lowest BCUT2D eigenvalue weighted by atomic mass is 9.95. The van der Waals surface area contributed by atoms with Crippen molar-refractivity contribution in [3.05, 3.63) is 54.6 Å². The van der Waals surface area contributed by atoms with Crippen LogP contribution in [0.4, 0.5) is 5.69 Å². The van der Waals surface area contributed by atoms with Crippen molar-refractivity contribution in [1.29, 1.82) is 0 Å². The number of carbonyl (C=O) groups excluding carboxylic acids is 2. The molecule has 9 heteroatoms. The first-order valence-corrected chi connectivity index (χ1v) is 10.2. The Labute approximate surface area is 180 Å². The molecule has 1 aliphatic rings. The van der Waals surface area contributed by atoms with Crippen LogP contribution >= 0.6 is 0 Å². The van der Waals surface area contributed by atoms with Crippen molar-refractivity contribution in [1.82, 2.24) is 25.1 Å². The second kappa shape index (κ2) is 9.38. The summed E-state index contributed by atoms with van der Waals surface area (Å²) in [6.45, 7) is 1.09. The molecule has 2 aromatic carbocycles. The number of rotatable bonds is 6. The highest BCUT2D eigenvalue weighted by atomic mass is 16.5. The summed E-state index contributed by atoms with van der Waals surface area (Å²) in [5, 5.41) is 14.5. The minimum absolute atomic E-state index is 0.00454. The largest absolute Gasteiger partial charge is 0.484 e. The van der Waals surface area contributed by atoms with Crippen LogP contribution in [0.5, 0.6) is 5.75 Å². The summed E-state index contributed by atoms with van der Waals surface area (Å²) >= 11 is 0. The van der Waals surface area contributed by atoms with Gasteiger partial charge in [0.25, 0.3) is 5.91 Å². The summed E-state index contributed by atoms with van der Waals surface area (Å²) < 4.78 is 7.12. The minimum atomic E-state index is -0.140. The molecule has 1 fully saturated rings. The summed E-state index contributed by atoms with van der Waals surface area (Å²) in [5.74, 6) is 1.05. The smallest absolute Gasteiger partial charge is 0.260 e. The molecule has 0 atom stereocenters. The number of hydrogen-bond acceptors (Lipinski definition) is 6. The number of piperidine rings is 1.